The molecule has 0 fully saturated rings. The van der Waals surface area contributed by atoms with E-state index in [1.54, 1.807) is 0 Å². The van der Waals surface area contributed by atoms with E-state index >= 15 is 0 Å². The quantitative estimate of drug-likeness (QED) is 0.484. The molecule has 2 bridgehead atoms. The highest BCUT2D eigenvalue weighted by atomic mass is 16.2. The summed E-state index contributed by atoms with van der Waals surface area (Å²) in [6.07, 6.45) is 8.52. The summed E-state index contributed by atoms with van der Waals surface area (Å²) in [5.74, 6) is 6.50. The third kappa shape index (κ3) is 1.77. The van der Waals surface area contributed by atoms with E-state index in [2.05, 4.69) is 62.4 Å². The molecule has 0 saturated heterocycles. The van der Waals surface area contributed by atoms with Crippen molar-refractivity contribution in [3.05, 3.63) is 82.1 Å². The number of nitrogens with zero attached hydrogens (tertiary/aromatic N) is 1. The van der Waals surface area contributed by atoms with Gasteiger partial charge in [-0.3, -0.25) is 9.80 Å². The van der Waals surface area contributed by atoms with Gasteiger partial charge in [-0.05, 0) is 43.4 Å². The van der Waals surface area contributed by atoms with Gasteiger partial charge < -0.3 is 0 Å². The van der Waals surface area contributed by atoms with Gasteiger partial charge in [0.2, 0.25) is 0 Å². The molecule has 0 radical (unpaired) electrons. The average molecular weight is 330 g/mol. The second kappa shape index (κ2) is 4.83. The Balaban J connectivity index is 1.85. The maximum absolute atomic E-state index is 12.5. The highest BCUT2D eigenvalue weighted by Crippen LogP contribution is 2.62. The molecule has 3 aliphatic carbocycles. The topological polar surface area (TPSA) is 46.3 Å². The number of nitrogens with two attached hydrogens (primary N) is 1. The van der Waals surface area contributed by atoms with Crippen LogP contribution in [0.5, 0.6) is 0 Å². The number of carbonyl (C=O) groups excluding carboxylic acids is 1. The number of hydrazine groups is 1. The summed E-state index contributed by atoms with van der Waals surface area (Å²) in [4.78, 5) is 12.5. The molecule has 3 nitrogen and oxygen atoms in total. The zero-order valence-electron chi connectivity index (χ0n) is 14.6. The molecule has 0 aromatic heterocycles. The minimum atomic E-state index is -0.188. The Bertz CT molecular complexity index is 919. The van der Waals surface area contributed by atoms with Crippen LogP contribution in [0.3, 0.4) is 0 Å². The van der Waals surface area contributed by atoms with E-state index < -0.39 is 0 Å². The lowest BCUT2D eigenvalue weighted by molar-refractivity contribution is -0.131. The van der Waals surface area contributed by atoms with Gasteiger partial charge in [0.05, 0.1) is 5.92 Å². The van der Waals surface area contributed by atoms with Crippen molar-refractivity contribution in [2.24, 2.45) is 17.7 Å². The molecule has 126 valence electrons. The summed E-state index contributed by atoms with van der Waals surface area (Å²) >= 11 is 0. The fourth-order valence-corrected chi connectivity index (χ4v) is 5.37. The van der Waals surface area contributed by atoms with Crippen molar-refractivity contribution in [3.63, 3.8) is 0 Å². The van der Waals surface area contributed by atoms with Gasteiger partial charge in [-0.1, -0.05) is 59.7 Å². The number of allylic oxidation sites excluding steroid dienone is 6. The van der Waals surface area contributed by atoms with Crippen molar-refractivity contribution >= 4 is 5.91 Å². The fraction of sp³-hybridized carbons (Fsp3) is 0.318. The van der Waals surface area contributed by atoms with Crippen LogP contribution in [0.15, 0.2) is 76.5 Å². The van der Waals surface area contributed by atoms with Crippen LogP contribution in [0.4, 0.5) is 0 Å². The second-order valence-electron chi connectivity index (χ2n) is 7.65. The van der Waals surface area contributed by atoms with E-state index in [0.29, 0.717) is 5.92 Å². The van der Waals surface area contributed by atoms with Gasteiger partial charge in [-0.25, -0.2) is 5.84 Å². The highest BCUT2D eigenvalue weighted by Gasteiger charge is 2.57. The number of hydrogen-bond donors (Lipinski definition) is 1. The van der Waals surface area contributed by atoms with E-state index in [4.69, 9.17) is 5.84 Å². The number of fused-ring (bicyclic) bond motifs is 5. The van der Waals surface area contributed by atoms with Gasteiger partial charge in [-0.2, -0.15) is 0 Å². The van der Waals surface area contributed by atoms with Crippen LogP contribution < -0.4 is 5.84 Å². The second-order valence-corrected chi connectivity index (χ2v) is 7.65. The van der Waals surface area contributed by atoms with E-state index in [1.165, 1.54) is 32.9 Å². The predicted molar refractivity (Wildman–Crippen MR) is 98.0 cm³/mol. The van der Waals surface area contributed by atoms with Crippen molar-refractivity contribution < 1.29 is 4.79 Å². The summed E-state index contributed by atoms with van der Waals surface area (Å²) in [6, 6.07) is 10.7. The summed E-state index contributed by atoms with van der Waals surface area (Å²) < 4.78 is 0. The normalized spacial score (nSPS) is 34.4. The predicted octanol–water partition coefficient (Wildman–Crippen LogP) is 3.77. The van der Waals surface area contributed by atoms with Crippen LogP contribution in [-0.2, 0) is 10.2 Å². The van der Waals surface area contributed by atoms with Crippen LogP contribution in [0.2, 0.25) is 0 Å². The molecule has 2 N–H and O–H groups in total. The van der Waals surface area contributed by atoms with Crippen LogP contribution in [0, 0.1) is 11.8 Å². The molecule has 1 aromatic carbocycles. The average Bonchev–Trinajstić information content (AvgIpc) is 3.40. The molecule has 1 heterocycles. The molecule has 1 unspecified atom stereocenters. The third-order valence-corrected chi connectivity index (χ3v) is 6.28. The van der Waals surface area contributed by atoms with Gasteiger partial charge in [0.15, 0.2) is 0 Å². The minimum absolute atomic E-state index is 0.0275. The molecule has 25 heavy (non-hydrogen) atoms. The first-order valence-corrected chi connectivity index (χ1v) is 9.02. The van der Waals surface area contributed by atoms with E-state index in [1.807, 2.05) is 0 Å². The van der Waals surface area contributed by atoms with E-state index in [-0.39, 0.29) is 17.2 Å². The standard InChI is InChI=1S/C22H22N2O/c1-3-18-14-9-13(2)12-22(18,15-7-5-4-6-8-15)20-16-11-17(16)21(25)24(23)19(20)10-14/h3-9,11,14,17H,10,12,23H2,1-2H3/t14-,17?,22+/m0/s1. The van der Waals surface area contributed by atoms with Gasteiger partial charge in [0.1, 0.15) is 0 Å². The SMILES string of the molecule is CC=C1[C@H]2C=C(C)C[C@]1(c1ccccc1)C1=C(C2)N(N)C(=O)C2C=C12. The van der Waals surface area contributed by atoms with Gasteiger partial charge in [0, 0.05) is 17.0 Å². The number of rotatable bonds is 1. The first kappa shape index (κ1) is 14.9. The first-order valence-electron chi connectivity index (χ1n) is 9.02. The summed E-state index contributed by atoms with van der Waals surface area (Å²) in [5.41, 5.74) is 7.52. The van der Waals surface area contributed by atoms with Crippen LogP contribution in [0.1, 0.15) is 32.3 Å². The smallest absolute Gasteiger partial charge is 0.252 e. The fourth-order valence-electron chi connectivity index (χ4n) is 5.37. The van der Waals surface area contributed by atoms with E-state index in [0.717, 1.165) is 18.5 Å². The molecule has 1 aromatic rings. The Morgan fingerprint density at radius 2 is 2.00 bits per heavy atom. The van der Waals surface area contributed by atoms with E-state index in [9.17, 15) is 4.79 Å². The Hall–Kier alpha value is -2.39. The van der Waals surface area contributed by atoms with Crippen molar-refractivity contribution in [2.45, 2.75) is 32.1 Å². The Morgan fingerprint density at radius 1 is 1.24 bits per heavy atom. The summed E-state index contributed by atoms with van der Waals surface area (Å²) in [5, 5.41) is 1.44. The number of amides is 1. The van der Waals surface area contributed by atoms with Crippen molar-refractivity contribution in [1.82, 2.24) is 5.01 Å². The highest BCUT2D eigenvalue weighted by molar-refractivity contribution is 5.95. The molecule has 5 rings (SSSR count). The molecular weight excluding hydrogens is 308 g/mol. The summed E-state index contributed by atoms with van der Waals surface area (Å²) in [7, 11) is 0. The first-order chi connectivity index (χ1) is 12.1. The van der Waals surface area contributed by atoms with Crippen molar-refractivity contribution in [1.29, 1.82) is 0 Å². The van der Waals surface area contributed by atoms with Gasteiger partial charge in [0.25, 0.3) is 5.91 Å². The zero-order valence-corrected chi connectivity index (χ0v) is 14.6. The Morgan fingerprint density at radius 3 is 2.72 bits per heavy atom. The molecule has 4 aliphatic rings. The van der Waals surface area contributed by atoms with Crippen LogP contribution in [-0.4, -0.2) is 10.9 Å². The number of carbonyl (C=O) groups is 1. The molecule has 3 heteroatoms. The molecular formula is C22H22N2O. The third-order valence-electron chi connectivity index (χ3n) is 6.28. The summed E-state index contributed by atoms with van der Waals surface area (Å²) in [6.45, 7) is 4.38. The number of hydrogen-bond acceptors (Lipinski definition) is 2. The maximum Gasteiger partial charge on any atom is 0.252 e. The number of benzene rings is 1. The van der Waals surface area contributed by atoms with Crippen molar-refractivity contribution in [3.8, 4) is 0 Å². The largest absolute Gasteiger partial charge is 0.272 e. The van der Waals surface area contributed by atoms with Crippen LogP contribution >= 0.6 is 0 Å². The maximum atomic E-state index is 12.5. The Kier molecular flexibility index (Phi) is 2.88. The molecule has 1 aliphatic heterocycles. The molecule has 1 amide bonds. The Labute approximate surface area is 148 Å². The monoisotopic (exact) mass is 330 g/mol. The van der Waals surface area contributed by atoms with Crippen LogP contribution in [0.25, 0.3) is 0 Å². The van der Waals surface area contributed by atoms with Gasteiger partial charge in [-0.15, -0.1) is 0 Å². The molecule has 0 spiro atoms. The molecule has 3 atom stereocenters. The minimum Gasteiger partial charge on any atom is -0.272 e. The lowest BCUT2D eigenvalue weighted by Crippen LogP contribution is -2.50. The van der Waals surface area contributed by atoms with Gasteiger partial charge >= 0.3 is 0 Å². The lowest BCUT2D eigenvalue weighted by atomic mass is 9.54. The molecule has 0 saturated carbocycles. The lowest BCUT2D eigenvalue weighted by Gasteiger charge is -2.51. The van der Waals surface area contributed by atoms with Crippen molar-refractivity contribution in [2.75, 3.05) is 0 Å². The zero-order chi connectivity index (χ0) is 17.3.